The lowest BCUT2D eigenvalue weighted by atomic mass is 9.85. The average molecular weight is 329 g/mol. The summed E-state index contributed by atoms with van der Waals surface area (Å²) in [5.41, 5.74) is 6.39. The SMILES string of the molecule is Cc1cc(C)cc(-c2nccc3cc(C(C)C4CCCC4)ccc23)c1. The lowest BCUT2D eigenvalue weighted by molar-refractivity contribution is 0.461. The van der Waals surface area contributed by atoms with E-state index >= 15 is 0 Å². The Bertz CT molecular complexity index is 883. The second-order valence-corrected chi connectivity index (χ2v) is 7.85. The Morgan fingerprint density at radius 2 is 1.64 bits per heavy atom. The molecule has 3 aromatic rings. The molecule has 1 nitrogen and oxygen atoms in total. The van der Waals surface area contributed by atoms with E-state index in [0.717, 1.165) is 11.6 Å². The van der Waals surface area contributed by atoms with Crippen molar-refractivity contribution in [3.63, 3.8) is 0 Å². The van der Waals surface area contributed by atoms with Gasteiger partial charge in [-0.15, -0.1) is 0 Å². The third-order valence-corrected chi connectivity index (χ3v) is 5.92. The molecule has 1 saturated carbocycles. The molecule has 0 N–H and O–H groups in total. The zero-order valence-electron chi connectivity index (χ0n) is 15.5. The van der Waals surface area contributed by atoms with E-state index in [4.69, 9.17) is 4.98 Å². The summed E-state index contributed by atoms with van der Waals surface area (Å²) in [5, 5.41) is 2.57. The molecular weight excluding hydrogens is 302 g/mol. The van der Waals surface area contributed by atoms with Crippen LogP contribution < -0.4 is 0 Å². The maximum Gasteiger partial charge on any atom is 0.0780 e. The Hall–Kier alpha value is -2.15. The number of pyridine rings is 1. The van der Waals surface area contributed by atoms with Gasteiger partial charge in [0.05, 0.1) is 5.69 Å². The molecule has 128 valence electrons. The highest BCUT2D eigenvalue weighted by atomic mass is 14.7. The van der Waals surface area contributed by atoms with Gasteiger partial charge in [0, 0.05) is 17.1 Å². The van der Waals surface area contributed by atoms with E-state index in [9.17, 15) is 0 Å². The number of aromatic nitrogens is 1. The van der Waals surface area contributed by atoms with Gasteiger partial charge in [0.1, 0.15) is 0 Å². The van der Waals surface area contributed by atoms with Crippen LogP contribution in [0.1, 0.15) is 55.2 Å². The first-order valence-electron chi connectivity index (χ1n) is 9.59. The van der Waals surface area contributed by atoms with E-state index in [-0.39, 0.29) is 0 Å². The van der Waals surface area contributed by atoms with E-state index in [1.54, 1.807) is 0 Å². The van der Waals surface area contributed by atoms with Gasteiger partial charge in [0.25, 0.3) is 0 Å². The molecule has 1 aromatic heterocycles. The molecule has 1 heteroatoms. The fourth-order valence-electron chi connectivity index (χ4n) is 4.55. The zero-order valence-corrected chi connectivity index (χ0v) is 15.5. The molecule has 1 fully saturated rings. The fraction of sp³-hybridized carbons (Fsp3) is 0.375. The van der Waals surface area contributed by atoms with Crippen molar-refractivity contribution in [1.29, 1.82) is 0 Å². The average Bonchev–Trinajstić information content (AvgIpc) is 3.14. The Balaban J connectivity index is 1.77. The van der Waals surface area contributed by atoms with Crippen molar-refractivity contribution in [2.24, 2.45) is 5.92 Å². The predicted octanol–water partition coefficient (Wildman–Crippen LogP) is 6.81. The van der Waals surface area contributed by atoms with Crippen molar-refractivity contribution in [2.45, 2.75) is 52.4 Å². The molecule has 0 saturated heterocycles. The first-order chi connectivity index (χ1) is 12.1. The minimum atomic E-state index is 0.657. The number of benzene rings is 2. The summed E-state index contributed by atoms with van der Waals surface area (Å²) in [6, 6.07) is 15.9. The summed E-state index contributed by atoms with van der Waals surface area (Å²) >= 11 is 0. The van der Waals surface area contributed by atoms with Gasteiger partial charge < -0.3 is 0 Å². The molecule has 0 bridgehead atoms. The first kappa shape index (κ1) is 16.3. The number of hydrogen-bond donors (Lipinski definition) is 0. The van der Waals surface area contributed by atoms with Crippen LogP contribution in [0.15, 0.2) is 48.7 Å². The monoisotopic (exact) mass is 329 g/mol. The quantitative estimate of drug-likeness (QED) is 0.514. The Morgan fingerprint density at radius 3 is 2.36 bits per heavy atom. The third-order valence-electron chi connectivity index (χ3n) is 5.92. The number of fused-ring (bicyclic) bond motifs is 1. The molecule has 0 radical (unpaired) electrons. The van der Waals surface area contributed by atoms with E-state index in [2.05, 4.69) is 63.2 Å². The van der Waals surface area contributed by atoms with Crippen molar-refractivity contribution in [3.8, 4) is 11.3 Å². The van der Waals surface area contributed by atoms with E-state index in [1.165, 1.54) is 58.7 Å². The predicted molar refractivity (Wildman–Crippen MR) is 107 cm³/mol. The van der Waals surface area contributed by atoms with Crippen LogP contribution in [-0.2, 0) is 0 Å². The van der Waals surface area contributed by atoms with Crippen molar-refractivity contribution in [1.82, 2.24) is 4.98 Å². The number of hydrogen-bond acceptors (Lipinski definition) is 1. The second-order valence-electron chi connectivity index (χ2n) is 7.85. The van der Waals surface area contributed by atoms with Gasteiger partial charge in [-0.25, -0.2) is 0 Å². The van der Waals surface area contributed by atoms with Crippen LogP contribution in [0.3, 0.4) is 0 Å². The summed E-state index contributed by atoms with van der Waals surface area (Å²) in [6.07, 6.45) is 7.55. The summed E-state index contributed by atoms with van der Waals surface area (Å²) in [6.45, 7) is 6.72. The molecule has 25 heavy (non-hydrogen) atoms. The van der Waals surface area contributed by atoms with Crippen molar-refractivity contribution >= 4 is 10.8 Å². The molecule has 0 spiro atoms. The molecule has 4 rings (SSSR count). The van der Waals surface area contributed by atoms with Crippen LogP contribution in [-0.4, -0.2) is 4.98 Å². The molecule has 2 aromatic carbocycles. The molecule has 1 heterocycles. The van der Waals surface area contributed by atoms with Crippen LogP contribution in [0.2, 0.25) is 0 Å². The van der Waals surface area contributed by atoms with Gasteiger partial charge in [0.2, 0.25) is 0 Å². The fourth-order valence-corrected chi connectivity index (χ4v) is 4.55. The molecule has 0 aliphatic heterocycles. The van der Waals surface area contributed by atoms with Crippen molar-refractivity contribution < 1.29 is 0 Å². The van der Waals surface area contributed by atoms with Gasteiger partial charge >= 0.3 is 0 Å². The molecule has 1 atom stereocenters. The maximum absolute atomic E-state index is 4.71. The van der Waals surface area contributed by atoms with Crippen LogP contribution in [0.5, 0.6) is 0 Å². The maximum atomic E-state index is 4.71. The number of nitrogens with zero attached hydrogens (tertiary/aromatic N) is 1. The molecule has 0 amide bonds. The topological polar surface area (TPSA) is 12.9 Å². The minimum Gasteiger partial charge on any atom is -0.256 e. The van der Waals surface area contributed by atoms with Gasteiger partial charge in [-0.05, 0) is 67.7 Å². The van der Waals surface area contributed by atoms with Crippen LogP contribution >= 0.6 is 0 Å². The number of rotatable bonds is 3. The smallest absolute Gasteiger partial charge is 0.0780 e. The zero-order chi connectivity index (χ0) is 17.4. The second kappa shape index (κ2) is 6.63. The van der Waals surface area contributed by atoms with Crippen LogP contribution in [0.4, 0.5) is 0 Å². The third kappa shape index (κ3) is 3.20. The Morgan fingerprint density at radius 1 is 0.920 bits per heavy atom. The highest BCUT2D eigenvalue weighted by molar-refractivity contribution is 5.95. The van der Waals surface area contributed by atoms with Crippen LogP contribution in [0, 0.1) is 19.8 Å². The van der Waals surface area contributed by atoms with Gasteiger partial charge in [-0.2, -0.15) is 0 Å². The highest BCUT2D eigenvalue weighted by Gasteiger charge is 2.23. The van der Waals surface area contributed by atoms with Crippen LogP contribution in [0.25, 0.3) is 22.0 Å². The van der Waals surface area contributed by atoms with E-state index in [0.29, 0.717) is 5.92 Å². The minimum absolute atomic E-state index is 0.657. The highest BCUT2D eigenvalue weighted by Crippen LogP contribution is 2.38. The largest absolute Gasteiger partial charge is 0.256 e. The lowest BCUT2D eigenvalue weighted by Gasteiger charge is -2.20. The van der Waals surface area contributed by atoms with Crippen molar-refractivity contribution in [2.75, 3.05) is 0 Å². The standard InChI is InChI=1S/C24H27N/c1-16-12-17(2)14-22(13-16)24-23-9-8-20(15-21(23)10-11-25-24)18(3)19-6-4-5-7-19/h8-15,18-19H,4-7H2,1-3H3. The Labute approximate surface area is 151 Å². The van der Waals surface area contributed by atoms with Gasteiger partial charge in [0.15, 0.2) is 0 Å². The summed E-state index contributed by atoms with van der Waals surface area (Å²) < 4.78 is 0. The molecular formula is C24H27N. The summed E-state index contributed by atoms with van der Waals surface area (Å²) in [4.78, 5) is 4.71. The molecule has 1 unspecified atom stereocenters. The molecule has 1 aliphatic carbocycles. The van der Waals surface area contributed by atoms with Crippen molar-refractivity contribution in [3.05, 3.63) is 65.4 Å². The van der Waals surface area contributed by atoms with Gasteiger partial charge in [-0.1, -0.05) is 55.2 Å². The van der Waals surface area contributed by atoms with E-state index < -0.39 is 0 Å². The van der Waals surface area contributed by atoms with Gasteiger partial charge in [-0.3, -0.25) is 4.98 Å². The first-order valence-corrected chi connectivity index (χ1v) is 9.59. The Kier molecular flexibility index (Phi) is 4.33. The normalized spacial score (nSPS) is 16.4. The lowest BCUT2D eigenvalue weighted by Crippen LogP contribution is -2.05. The number of aryl methyl sites for hydroxylation is 2. The summed E-state index contributed by atoms with van der Waals surface area (Å²) in [7, 11) is 0. The van der Waals surface area contributed by atoms with E-state index in [1.807, 2.05) is 6.20 Å². The summed E-state index contributed by atoms with van der Waals surface area (Å²) in [5.74, 6) is 1.52. The molecule has 1 aliphatic rings.